The van der Waals surface area contributed by atoms with E-state index in [1.807, 2.05) is 0 Å². The minimum Gasteiger partial charge on any atom is -0.457 e. The van der Waals surface area contributed by atoms with Crippen LogP contribution in [0.3, 0.4) is 0 Å². The molecule has 3 nitrogen and oxygen atoms in total. The summed E-state index contributed by atoms with van der Waals surface area (Å²) in [5, 5.41) is -4.21. The number of rotatable bonds is 3. The first kappa shape index (κ1) is 17.6. The molecule has 0 aliphatic carbocycles. The van der Waals surface area contributed by atoms with Crippen molar-refractivity contribution in [2.75, 3.05) is 0 Å². The Morgan fingerprint density at radius 2 is 1.72 bits per heavy atom. The lowest BCUT2D eigenvalue weighted by molar-refractivity contribution is 0.0960. The van der Waals surface area contributed by atoms with E-state index >= 15 is 0 Å². The number of sulfone groups is 1. The van der Waals surface area contributed by atoms with Crippen LogP contribution in [0, 0.1) is 11.6 Å². The Balaban J connectivity index is 2.13. The van der Waals surface area contributed by atoms with Gasteiger partial charge < -0.3 is 4.74 Å². The fraction of sp³-hybridized carbons (Fsp3) is 0.200. The Morgan fingerprint density at radius 1 is 1.04 bits per heavy atom. The number of hydrogen-bond donors (Lipinski definition) is 0. The van der Waals surface area contributed by atoms with E-state index in [-0.39, 0.29) is 5.75 Å². The highest BCUT2D eigenvalue weighted by Gasteiger charge is 2.54. The minimum atomic E-state index is -5.07. The van der Waals surface area contributed by atoms with Crippen LogP contribution in [0.25, 0.3) is 0 Å². The normalized spacial score (nSPS) is 17.6. The first-order chi connectivity index (χ1) is 11.5. The van der Waals surface area contributed by atoms with Crippen LogP contribution in [0.1, 0.15) is 17.6 Å². The lowest BCUT2D eigenvalue weighted by atomic mass is 10.0. The Morgan fingerprint density at radius 3 is 2.32 bits per heavy atom. The molecule has 2 aromatic carbocycles. The molecule has 0 amide bonds. The summed E-state index contributed by atoms with van der Waals surface area (Å²) in [7, 11) is -5.07. The zero-order valence-corrected chi connectivity index (χ0v) is 12.9. The molecule has 25 heavy (non-hydrogen) atoms. The molecule has 0 fully saturated rings. The van der Waals surface area contributed by atoms with E-state index < -0.39 is 61.3 Å². The summed E-state index contributed by atoms with van der Waals surface area (Å²) in [4.78, 5) is -0.898. The summed E-state index contributed by atoms with van der Waals surface area (Å²) in [6.07, 6.45) is -4.74. The number of alkyl halides is 4. The number of halogens is 6. The van der Waals surface area contributed by atoms with Crippen molar-refractivity contribution in [3.8, 4) is 11.5 Å². The Kier molecular flexibility index (Phi) is 3.98. The fourth-order valence-corrected chi connectivity index (χ4v) is 3.92. The van der Waals surface area contributed by atoms with Gasteiger partial charge in [0.15, 0.2) is 11.6 Å². The molecule has 0 N–H and O–H groups in total. The average Bonchev–Trinajstić information content (AvgIpc) is 2.67. The zero-order valence-electron chi connectivity index (χ0n) is 12.1. The number of benzene rings is 2. The standard InChI is InChI=1S/C15H8F6O3S/c16-9-2-1-7(5-10(9)17)24-11-3-4-12-8(13(11)14(18)19)6-15(20,21)25(12,22)23/h1-5,14H,6H2. The Labute approximate surface area is 137 Å². The van der Waals surface area contributed by atoms with Gasteiger partial charge in [0, 0.05) is 6.07 Å². The van der Waals surface area contributed by atoms with Crippen LogP contribution in [0.2, 0.25) is 0 Å². The molecule has 0 saturated heterocycles. The van der Waals surface area contributed by atoms with Crippen LogP contribution in [-0.4, -0.2) is 13.7 Å². The van der Waals surface area contributed by atoms with E-state index in [0.29, 0.717) is 12.1 Å². The predicted octanol–water partition coefficient (Wildman–Crippen LogP) is 4.62. The second kappa shape index (κ2) is 5.65. The molecular weight excluding hydrogens is 374 g/mol. The van der Waals surface area contributed by atoms with Crippen molar-refractivity contribution < 1.29 is 39.5 Å². The van der Waals surface area contributed by atoms with Crippen molar-refractivity contribution >= 4 is 9.84 Å². The van der Waals surface area contributed by atoms with Crippen molar-refractivity contribution in [2.45, 2.75) is 23.0 Å². The highest BCUT2D eigenvalue weighted by atomic mass is 32.2. The Hall–Kier alpha value is -2.23. The van der Waals surface area contributed by atoms with Gasteiger partial charge in [-0.15, -0.1) is 0 Å². The van der Waals surface area contributed by atoms with Crippen molar-refractivity contribution in [1.29, 1.82) is 0 Å². The largest absolute Gasteiger partial charge is 0.457 e. The maximum atomic E-state index is 13.6. The van der Waals surface area contributed by atoms with E-state index in [1.165, 1.54) is 0 Å². The number of ether oxygens (including phenoxy) is 1. The molecular formula is C15H8F6O3S. The lowest BCUT2D eigenvalue weighted by Gasteiger charge is -2.14. The molecule has 2 aromatic rings. The van der Waals surface area contributed by atoms with E-state index in [1.54, 1.807) is 0 Å². The lowest BCUT2D eigenvalue weighted by Crippen LogP contribution is -2.24. The molecule has 0 atom stereocenters. The number of hydrogen-bond acceptors (Lipinski definition) is 3. The molecule has 1 aliphatic heterocycles. The molecule has 0 radical (unpaired) electrons. The van der Waals surface area contributed by atoms with Crippen molar-refractivity contribution in [1.82, 2.24) is 0 Å². The van der Waals surface area contributed by atoms with E-state index in [4.69, 9.17) is 4.74 Å². The molecule has 134 valence electrons. The molecule has 0 unspecified atom stereocenters. The zero-order chi connectivity index (χ0) is 18.6. The quantitative estimate of drug-likeness (QED) is 0.728. The summed E-state index contributed by atoms with van der Waals surface area (Å²) < 4.78 is 109. The van der Waals surface area contributed by atoms with Gasteiger partial charge in [0.25, 0.3) is 6.43 Å². The first-order valence-electron chi connectivity index (χ1n) is 6.74. The van der Waals surface area contributed by atoms with E-state index in [9.17, 15) is 34.8 Å². The van der Waals surface area contributed by atoms with Gasteiger partial charge in [-0.05, 0) is 29.8 Å². The summed E-state index contributed by atoms with van der Waals surface area (Å²) in [5.41, 5.74) is -1.77. The smallest absolute Gasteiger partial charge is 0.354 e. The van der Waals surface area contributed by atoms with Gasteiger partial charge in [0.1, 0.15) is 11.5 Å². The maximum Gasteiger partial charge on any atom is 0.354 e. The molecule has 1 aliphatic rings. The number of fused-ring (bicyclic) bond motifs is 1. The topological polar surface area (TPSA) is 43.4 Å². The van der Waals surface area contributed by atoms with Crippen LogP contribution in [0.5, 0.6) is 11.5 Å². The van der Waals surface area contributed by atoms with Gasteiger partial charge in [-0.1, -0.05) is 0 Å². The SMILES string of the molecule is O=S1(=O)c2ccc(Oc3ccc(F)c(F)c3)c(C(F)F)c2CC1(F)F. The Bertz CT molecular complexity index is 956. The first-order valence-corrected chi connectivity index (χ1v) is 8.22. The van der Waals surface area contributed by atoms with Crippen LogP contribution in [-0.2, 0) is 16.3 Å². The second-order valence-corrected chi connectivity index (χ2v) is 7.29. The summed E-state index contributed by atoms with van der Waals surface area (Å²) in [6.45, 7) is 0. The molecule has 0 spiro atoms. The predicted molar refractivity (Wildman–Crippen MR) is 73.7 cm³/mol. The van der Waals surface area contributed by atoms with Crippen LogP contribution < -0.4 is 4.74 Å². The van der Waals surface area contributed by atoms with Gasteiger partial charge in [-0.3, -0.25) is 0 Å². The monoisotopic (exact) mass is 382 g/mol. The van der Waals surface area contributed by atoms with Crippen LogP contribution in [0.15, 0.2) is 35.2 Å². The fourth-order valence-electron chi connectivity index (χ4n) is 2.51. The van der Waals surface area contributed by atoms with E-state index in [0.717, 1.165) is 18.2 Å². The highest BCUT2D eigenvalue weighted by molar-refractivity contribution is 7.92. The minimum absolute atomic E-state index is 0.353. The van der Waals surface area contributed by atoms with E-state index in [2.05, 4.69) is 0 Å². The van der Waals surface area contributed by atoms with Crippen LogP contribution >= 0.6 is 0 Å². The third-order valence-electron chi connectivity index (χ3n) is 3.68. The molecule has 10 heteroatoms. The van der Waals surface area contributed by atoms with Gasteiger partial charge >= 0.3 is 5.25 Å². The average molecular weight is 382 g/mol. The summed E-state index contributed by atoms with van der Waals surface area (Å²) >= 11 is 0. The molecule has 0 saturated carbocycles. The van der Waals surface area contributed by atoms with Crippen molar-refractivity contribution in [2.24, 2.45) is 0 Å². The van der Waals surface area contributed by atoms with Gasteiger partial charge in [-0.25, -0.2) is 26.0 Å². The summed E-state index contributed by atoms with van der Waals surface area (Å²) in [5.74, 6) is -3.46. The molecule has 0 aromatic heterocycles. The van der Waals surface area contributed by atoms with Crippen molar-refractivity contribution in [3.63, 3.8) is 0 Å². The van der Waals surface area contributed by atoms with Crippen molar-refractivity contribution in [3.05, 3.63) is 53.1 Å². The molecule has 1 heterocycles. The second-order valence-electron chi connectivity index (χ2n) is 5.25. The highest BCUT2D eigenvalue weighted by Crippen LogP contribution is 2.48. The van der Waals surface area contributed by atoms with Gasteiger partial charge in [0.2, 0.25) is 9.84 Å². The summed E-state index contributed by atoms with van der Waals surface area (Å²) in [6, 6.07) is 3.74. The van der Waals surface area contributed by atoms with Crippen LogP contribution in [0.4, 0.5) is 26.3 Å². The molecule has 0 bridgehead atoms. The maximum absolute atomic E-state index is 13.6. The van der Waals surface area contributed by atoms with Gasteiger partial charge in [0.05, 0.1) is 16.9 Å². The molecule has 3 rings (SSSR count). The third kappa shape index (κ3) is 2.74. The van der Waals surface area contributed by atoms with Gasteiger partial charge in [-0.2, -0.15) is 8.78 Å². The third-order valence-corrected chi connectivity index (χ3v) is 5.57.